The molecule has 1 rings (SSSR count). The van der Waals surface area contributed by atoms with Crippen LogP contribution in [0.15, 0.2) is 18.2 Å². The van der Waals surface area contributed by atoms with Gasteiger partial charge in [0.05, 0.1) is 26.4 Å². The summed E-state index contributed by atoms with van der Waals surface area (Å²) in [6, 6.07) is 6.06. The van der Waals surface area contributed by atoms with Crippen LogP contribution in [0, 0.1) is 6.92 Å². The average Bonchev–Trinajstić information content (AvgIpc) is 2.47. The molecular formula is C16H28N2O3. The summed E-state index contributed by atoms with van der Waals surface area (Å²) in [6.45, 7) is 9.40. The van der Waals surface area contributed by atoms with Gasteiger partial charge in [-0.15, -0.1) is 0 Å². The van der Waals surface area contributed by atoms with E-state index in [1.54, 1.807) is 7.11 Å². The Hall–Kier alpha value is -1.30. The molecule has 1 aromatic rings. The highest BCUT2D eigenvalue weighted by atomic mass is 16.5. The first-order valence-corrected chi connectivity index (χ1v) is 7.41. The van der Waals surface area contributed by atoms with Crippen molar-refractivity contribution in [2.75, 3.05) is 50.7 Å². The van der Waals surface area contributed by atoms with E-state index >= 15 is 0 Å². The summed E-state index contributed by atoms with van der Waals surface area (Å²) < 4.78 is 16.1. The van der Waals surface area contributed by atoms with E-state index in [0.29, 0.717) is 26.4 Å². The molecule has 21 heavy (non-hydrogen) atoms. The van der Waals surface area contributed by atoms with Crippen LogP contribution >= 0.6 is 0 Å². The maximum absolute atomic E-state index is 5.87. The van der Waals surface area contributed by atoms with Gasteiger partial charge in [0.2, 0.25) is 0 Å². The largest absolute Gasteiger partial charge is 0.399 e. The number of nitrogens with zero attached hydrogens (tertiary/aromatic N) is 1. The highest BCUT2D eigenvalue weighted by Gasteiger charge is 2.13. The van der Waals surface area contributed by atoms with E-state index in [2.05, 4.69) is 17.9 Å². The van der Waals surface area contributed by atoms with E-state index in [1.807, 2.05) is 26.0 Å². The first-order chi connectivity index (χ1) is 10.1. The third-order valence-electron chi connectivity index (χ3n) is 3.38. The lowest BCUT2D eigenvalue weighted by molar-refractivity contribution is -0.000930. The standard InChI is InChI=1S/C16H28N2O3/c1-5-18(15-6-7-16(17)13(2)12-15)14(3)21-11-10-20-9-8-19-4/h6-7,12,14H,5,8-11,17H2,1-4H3. The lowest BCUT2D eigenvalue weighted by atomic mass is 10.1. The van der Waals surface area contributed by atoms with Gasteiger partial charge in [-0.2, -0.15) is 0 Å². The topological polar surface area (TPSA) is 57.0 Å². The van der Waals surface area contributed by atoms with Crippen molar-refractivity contribution in [1.29, 1.82) is 0 Å². The summed E-state index contributed by atoms with van der Waals surface area (Å²) in [6.07, 6.45) is -0.0101. The summed E-state index contributed by atoms with van der Waals surface area (Å²) in [4.78, 5) is 2.20. The molecule has 0 radical (unpaired) electrons. The number of anilines is 2. The maximum atomic E-state index is 5.87. The Morgan fingerprint density at radius 3 is 2.52 bits per heavy atom. The second-order valence-corrected chi connectivity index (χ2v) is 4.90. The van der Waals surface area contributed by atoms with Crippen molar-refractivity contribution >= 4 is 11.4 Å². The number of nitrogen functional groups attached to an aromatic ring is 1. The van der Waals surface area contributed by atoms with Gasteiger partial charge in [0.15, 0.2) is 0 Å². The van der Waals surface area contributed by atoms with E-state index in [0.717, 1.165) is 23.5 Å². The molecule has 1 aromatic carbocycles. The molecule has 0 spiro atoms. The minimum atomic E-state index is -0.0101. The molecule has 120 valence electrons. The van der Waals surface area contributed by atoms with Crippen LogP contribution in [-0.4, -0.2) is 46.3 Å². The molecule has 0 aliphatic heterocycles. The number of methoxy groups -OCH3 is 1. The van der Waals surface area contributed by atoms with Gasteiger partial charge in [-0.1, -0.05) is 0 Å². The van der Waals surface area contributed by atoms with Crippen molar-refractivity contribution in [2.24, 2.45) is 0 Å². The number of benzene rings is 1. The van der Waals surface area contributed by atoms with Crippen LogP contribution in [0.5, 0.6) is 0 Å². The zero-order valence-corrected chi connectivity index (χ0v) is 13.6. The molecular weight excluding hydrogens is 268 g/mol. The van der Waals surface area contributed by atoms with Crippen molar-refractivity contribution in [2.45, 2.75) is 27.0 Å². The minimum absolute atomic E-state index is 0.0101. The number of hydrogen-bond acceptors (Lipinski definition) is 5. The highest BCUT2D eigenvalue weighted by molar-refractivity contribution is 5.58. The van der Waals surface area contributed by atoms with Gasteiger partial charge in [-0.05, 0) is 44.5 Å². The molecule has 0 bridgehead atoms. The molecule has 0 saturated heterocycles. The Labute approximate surface area is 128 Å². The maximum Gasteiger partial charge on any atom is 0.127 e. The molecule has 0 aliphatic rings. The zero-order valence-electron chi connectivity index (χ0n) is 13.6. The van der Waals surface area contributed by atoms with E-state index in [4.69, 9.17) is 19.9 Å². The fourth-order valence-corrected chi connectivity index (χ4v) is 2.10. The first kappa shape index (κ1) is 17.8. The zero-order chi connectivity index (χ0) is 15.7. The molecule has 5 heteroatoms. The molecule has 1 unspecified atom stereocenters. The molecule has 0 amide bonds. The SMILES string of the molecule is CCN(c1ccc(N)c(C)c1)C(C)OCCOCCOC. The van der Waals surface area contributed by atoms with Gasteiger partial charge in [0.25, 0.3) is 0 Å². The van der Waals surface area contributed by atoms with Crippen LogP contribution < -0.4 is 10.6 Å². The molecule has 0 heterocycles. The number of nitrogens with two attached hydrogens (primary N) is 1. The highest BCUT2D eigenvalue weighted by Crippen LogP contribution is 2.22. The molecule has 0 saturated carbocycles. The second-order valence-electron chi connectivity index (χ2n) is 4.90. The molecule has 5 nitrogen and oxygen atoms in total. The van der Waals surface area contributed by atoms with Gasteiger partial charge in [0, 0.05) is 25.0 Å². The number of aryl methyl sites for hydroxylation is 1. The number of rotatable bonds is 10. The number of ether oxygens (including phenoxy) is 3. The van der Waals surface area contributed by atoms with Gasteiger partial charge < -0.3 is 24.8 Å². The van der Waals surface area contributed by atoms with E-state index < -0.39 is 0 Å². The average molecular weight is 296 g/mol. The third kappa shape index (κ3) is 5.91. The van der Waals surface area contributed by atoms with Gasteiger partial charge in [0.1, 0.15) is 6.23 Å². The Balaban J connectivity index is 2.45. The van der Waals surface area contributed by atoms with Crippen molar-refractivity contribution < 1.29 is 14.2 Å². The summed E-state index contributed by atoms with van der Waals surface area (Å²) in [7, 11) is 1.66. The Bertz CT molecular complexity index is 413. The van der Waals surface area contributed by atoms with Crippen molar-refractivity contribution in [3.8, 4) is 0 Å². The quantitative estimate of drug-likeness (QED) is 0.408. The Kier molecular flexibility index (Phi) is 8.12. The normalized spacial score (nSPS) is 12.4. The van der Waals surface area contributed by atoms with E-state index in [9.17, 15) is 0 Å². The fraction of sp³-hybridized carbons (Fsp3) is 0.625. The summed E-state index contributed by atoms with van der Waals surface area (Å²) in [5.41, 5.74) is 8.89. The van der Waals surface area contributed by atoms with E-state index in [1.165, 1.54) is 0 Å². The Morgan fingerprint density at radius 1 is 1.19 bits per heavy atom. The van der Waals surface area contributed by atoms with Crippen molar-refractivity contribution in [3.63, 3.8) is 0 Å². The first-order valence-electron chi connectivity index (χ1n) is 7.41. The van der Waals surface area contributed by atoms with Crippen LogP contribution in [0.3, 0.4) is 0 Å². The monoisotopic (exact) mass is 296 g/mol. The Morgan fingerprint density at radius 2 is 1.90 bits per heavy atom. The molecule has 2 N–H and O–H groups in total. The third-order valence-corrected chi connectivity index (χ3v) is 3.38. The predicted octanol–water partition coefficient (Wildman–Crippen LogP) is 2.43. The summed E-state index contributed by atoms with van der Waals surface area (Å²) in [5.74, 6) is 0. The van der Waals surface area contributed by atoms with Crippen LogP contribution in [-0.2, 0) is 14.2 Å². The van der Waals surface area contributed by atoms with Crippen LogP contribution in [0.2, 0.25) is 0 Å². The van der Waals surface area contributed by atoms with Crippen LogP contribution in [0.4, 0.5) is 11.4 Å². The molecule has 0 fully saturated rings. The lowest BCUT2D eigenvalue weighted by Crippen LogP contribution is -2.35. The van der Waals surface area contributed by atoms with Crippen molar-refractivity contribution in [3.05, 3.63) is 23.8 Å². The van der Waals surface area contributed by atoms with Gasteiger partial charge in [-0.3, -0.25) is 0 Å². The van der Waals surface area contributed by atoms with Crippen LogP contribution in [0.25, 0.3) is 0 Å². The predicted molar refractivity (Wildman–Crippen MR) is 86.7 cm³/mol. The van der Waals surface area contributed by atoms with Gasteiger partial charge >= 0.3 is 0 Å². The second kappa shape index (κ2) is 9.60. The smallest absolute Gasteiger partial charge is 0.127 e. The van der Waals surface area contributed by atoms with E-state index in [-0.39, 0.29) is 6.23 Å². The van der Waals surface area contributed by atoms with Crippen molar-refractivity contribution in [1.82, 2.24) is 0 Å². The molecule has 0 aliphatic carbocycles. The summed E-state index contributed by atoms with van der Waals surface area (Å²) in [5, 5.41) is 0. The molecule has 1 atom stereocenters. The number of hydrogen-bond donors (Lipinski definition) is 1. The fourth-order valence-electron chi connectivity index (χ4n) is 2.10. The van der Waals surface area contributed by atoms with Gasteiger partial charge in [-0.25, -0.2) is 0 Å². The summed E-state index contributed by atoms with van der Waals surface area (Å²) >= 11 is 0. The lowest BCUT2D eigenvalue weighted by Gasteiger charge is -2.30. The molecule has 0 aromatic heterocycles. The van der Waals surface area contributed by atoms with Crippen LogP contribution in [0.1, 0.15) is 19.4 Å². The minimum Gasteiger partial charge on any atom is -0.399 e.